The van der Waals surface area contributed by atoms with Gasteiger partial charge < -0.3 is 15.9 Å². The molecule has 1 aromatic rings. The zero-order chi connectivity index (χ0) is 14.8. The number of aromatic nitrogens is 2. The number of nitrogens with zero attached hydrogens (tertiary/aromatic N) is 3. The maximum absolute atomic E-state index is 10.1. The Bertz CT molecular complexity index is 429. The first-order valence-electron chi connectivity index (χ1n) is 6.48. The molecule has 1 rings (SSSR count). The lowest BCUT2D eigenvalue weighted by Crippen LogP contribution is -2.48. The normalized spacial score (nSPS) is 14.1. The first-order chi connectivity index (χ1) is 8.69. The summed E-state index contributed by atoms with van der Waals surface area (Å²) in [5.41, 5.74) is 7.85. The van der Waals surface area contributed by atoms with Gasteiger partial charge in [0.1, 0.15) is 0 Å². The fourth-order valence-electron chi connectivity index (χ4n) is 1.83. The Morgan fingerprint density at radius 1 is 1.42 bits per heavy atom. The second-order valence-corrected chi connectivity index (χ2v) is 5.77. The zero-order valence-corrected chi connectivity index (χ0v) is 12.5. The second kappa shape index (κ2) is 5.90. The standard InChI is InChI=1S/C13H26N4O2/c1-9-12(14)10(2)17(15-9)7-11(19)6-16(5)13(3,4)8-18/h11,18-19H,6-8,14H2,1-5H3. The molecular weight excluding hydrogens is 244 g/mol. The number of nitrogen functional groups attached to an aromatic ring is 1. The SMILES string of the molecule is Cc1nn(CC(O)CN(C)C(C)(C)CO)c(C)c1N. The largest absolute Gasteiger partial charge is 0.396 e. The van der Waals surface area contributed by atoms with Crippen LogP contribution in [0.15, 0.2) is 0 Å². The van der Waals surface area contributed by atoms with Crippen molar-refractivity contribution < 1.29 is 10.2 Å². The van der Waals surface area contributed by atoms with Crippen LogP contribution in [0.1, 0.15) is 25.2 Å². The summed E-state index contributed by atoms with van der Waals surface area (Å²) < 4.78 is 1.73. The third-order valence-corrected chi connectivity index (χ3v) is 3.73. The van der Waals surface area contributed by atoms with Crippen LogP contribution in [0.5, 0.6) is 0 Å². The third-order valence-electron chi connectivity index (χ3n) is 3.73. The van der Waals surface area contributed by atoms with Crippen molar-refractivity contribution in [2.24, 2.45) is 0 Å². The van der Waals surface area contributed by atoms with E-state index < -0.39 is 6.10 Å². The van der Waals surface area contributed by atoms with Crippen molar-refractivity contribution in [3.05, 3.63) is 11.4 Å². The van der Waals surface area contributed by atoms with Gasteiger partial charge in [0.15, 0.2) is 0 Å². The quantitative estimate of drug-likeness (QED) is 0.684. The molecule has 0 bridgehead atoms. The second-order valence-electron chi connectivity index (χ2n) is 5.77. The van der Waals surface area contributed by atoms with Crippen LogP contribution in [0.4, 0.5) is 5.69 Å². The molecule has 0 aliphatic rings. The lowest BCUT2D eigenvalue weighted by atomic mass is 10.0. The summed E-state index contributed by atoms with van der Waals surface area (Å²) in [6, 6.07) is 0. The van der Waals surface area contributed by atoms with Gasteiger partial charge in [-0.1, -0.05) is 0 Å². The molecule has 0 aliphatic heterocycles. The van der Waals surface area contributed by atoms with Gasteiger partial charge in [-0.2, -0.15) is 5.10 Å². The van der Waals surface area contributed by atoms with Crippen LogP contribution < -0.4 is 5.73 Å². The van der Waals surface area contributed by atoms with Gasteiger partial charge in [-0.05, 0) is 34.7 Å². The van der Waals surface area contributed by atoms with Gasteiger partial charge in [-0.3, -0.25) is 9.58 Å². The number of nitrogens with two attached hydrogens (primary N) is 1. The highest BCUT2D eigenvalue weighted by Gasteiger charge is 2.24. The van der Waals surface area contributed by atoms with Crippen LogP contribution in [0.2, 0.25) is 0 Å². The minimum Gasteiger partial charge on any atom is -0.396 e. The fraction of sp³-hybridized carbons (Fsp3) is 0.769. The molecule has 0 saturated carbocycles. The van der Waals surface area contributed by atoms with Crippen molar-refractivity contribution in [3.63, 3.8) is 0 Å². The van der Waals surface area contributed by atoms with E-state index in [1.165, 1.54) is 0 Å². The Balaban J connectivity index is 2.65. The van der Waals surface area contributed by atoms with Crippen molar-refractivity contribution >= 4 is 5.69 Å². The van der Waals surface area contributed by atoms with E-state index in [0.29, 0.717) is 18.8 Å². The molecule has 0 radical (unpaired) electrons. The summed E-state index contributed by atoms with van der Waals surface area (Å²) in [6.07, 6.45) is -0.562. The van der Waals surface area contributed by atoms with Crippen LogP contribution in [-0.2, 0) is 6.54 Å². The van der Waals surface area contributed by atoms with Gasteiger partial charge in [0.25, 0.3) is 0 Å². The van der Waals surface area contributed by atoms with Gasteiger partial charge in [0.2, 0.25) is 0 Å². The number of hydrogen-bond donors (Lipinski definition) is 3. The zero-order valence-electron chi connectivity index (χ0n) is 12.5. The highest BCUT2D eigenvalue weighted by molar-refractivity contribution is 5.46. The summed E-state index contributed by atoms with van der Waals surface area (Å²) in [5.74, 6) is 0. The number of rotatable bonds is 6. The molecule has 6 nitrogen and oxygen atoms in total. The van der Waals surface area contributed by atoms with Gasteiger partial charge in [-0.15, -0.1) is 0 Å². The number of hydrogen-bond acceptors (Lipinski definition) is 5. The van der Waals surface area contributed by atoms with Gasteiger partial charge in [0, 0.05) is 12.1 Å². The molecule has 1 aromatic heterocycles. The van der Waals surface area contributed by atoms with E-state index in [1.807, 2.05) is 39.6 Å². The van der Waals surface area contributed by atoms with E-state index >= 15 is 0 Å². The number of anilines is 1. The van der Waals surface area contributed by atoms with Crippen molar-refractivity contribution in [3.8, 4) is 0 Å². The highest BCUT2D eigenvalue weighted by atomic mass is 16.3. The molecule has 6 heteroatoms. The molecular formula is C13H26N4O2. The first-order valence-corrected chi connectivity index (χ1v) is 6.48. The van der Waals surface area contributed by atoms with E-state index in [-0.39, 0.29) is 12.1 Å². The lowest BCUT2D eigenvalue weighted by molar-refractivity contribution is 0.0295. The van der Waals surface area contributed by atoms with Gasteiger partial charge in [0.05, 0.1) is 36.3 Å². The van der Waals surface area contributed by atoms with Crippen molar-refractivity contribution in [2.45, 2.75) is 45.9 Å². The Hall–Kier alpha value is -1.11. The van der Waals surface area contributed by atoms with E-state index in [9.17, 15) is 10.2 Å². The predicted molar refractivity (Wildman–Crippen MR) is 75.9 cm³/mol. The molecule has 1 atom stereocenters. The van der Waals surface area contributed by atoms with Crippen molar-refractivity contribution in [1.29, 1.82) is 0 Å². The molecule has 110 valence electrons. The van der Waals surface area contributed by atoms with Crippen molar-refractivity contribution in [2.75, 3.05) is 25.9 Å². The van der Waals surface area contributed by atoms with E-state index in [0.717, 1.165) is 11.4 Å². The summed E-state index contributed by atoms with van der Waals surface area (Å²) in [6.45, 7) is 8.52. The molecule has 0 saturated heterocycles. The average Bonchev–Trinajstić information content (AvgIpc) is 2.56. The summed E-state index contributed by atoms with van der Waals surface area (Å²) in [4.78, 5) is 1.94. The molecule has 0 spiro atoms. The molecule has 1 heterocycles. The predicted octanol–water partition coefficient (Wildman–Crippen LogP) is 0.146. The first kappa shape index (κ1) is 15.9. The van der Waals surface area contributed by atoms with Crippen LogP contribution in [0.25, 0.3) is 0 Å². The molecule has 0 aliphatic carbocycles. The monoisotopic (exact) mass is 270 g/mol. The van der Waals surface area contributed by atoms with E-state index in [2.05, 4.69) is 5.10 Å². The Labute approximate surface area is 114 Å². The molecule has 0 aromatic carbocycles. The van der Waals surface area contributed by atoms with Crippen molar-refractivity contribution in [1.82, 2.24) is 14.7 Å². The summed E-state index contributed by atoms with van der Waals surface area (Å²) in [7, 11) is 1.88. The Morgan fingerprint density at radius 2 is 2.00 bits per heavy atom. The number of aryl methyl sites for hydroxylation is 1. The molecule has 0 amide bonds. The average molecular weight is 270 g/mol. The topological polar surface area (TPSA) is 87.5 Å². The lowest BCUT2D eigenvalue weighted by Gasteiger charge is -2.35. The fourth-order valence-corrected chi connectivity index (χ4v) is 1.83. The number of aliphatic hydroxyl groups is 2. The molecule has 4 N–H and O–H groups in total. The minimum atomic E-state index is -0.562. The maximum atomic E-state index is 10.1. The smallest absolute Gasteiger partial charge is 0.0862 e. The van der Waals surface area contributed by atoms with Crippen LogP contribution in [-0.4, -0.2) is 56.7 Å². The van der Waals surface area contributed by atoms with Crippen LogP contribution in [0, 0.1) is 13.8 Å². The van der Waals surface area contributed by atoms with Crippen LogP contribution in [0.3, 0.4) is 0 Å². The molecule has 0 fully saturated rings. The van der Waals surface area contributed by atoms with Gasteiger partial charge in [-0.25, -0.2) is 0 Å². The Morgan fingerprint density at radius 3 is 2.42 bits per heavy atom. The summed E-state index contributed by atoms with van der Waals surface area (Å²) >= 11 is 0. The van der Waals surface area contributed by atoms with E-state index in [4.69, 9.17) is 5.73 Å². The number of β-amino-alcohol motifs (C(OH)–C–C–N with tert-alkyl or cyclic N) is 1. The van der Waals surface area contributed by atoms with Gasteiger partial charge >= 0.3 is 0 Å². The highest BCUT2D eigenvalue weighted by Crippen LogP contribution is 2.16. The third kappa shape index (κ3) is 3.68. The number of likely N-dealkylation sites (N-methyl/N-ethyl adjacent to an activating group) is 1. The Kier molecular flexibility index (Phi) is 4.95. The summed E-state index contributed by atoms with van der Waals surface area (Å²) in [5, 5.41) is 23.7. The minimum absolute atomic E-state index is 0.0447. The van der Waals surface area contributed by atoms with E-state index in [1.54, 1.807) is 4.68 Å². The van der Waals surface area contributed by atoms with Crippen LogP contribution >= 0.6 is 0 Å². The maximum Gasteiger partial charge on any atom is 0.0862 e. The number of aliphatic hydroxyl groups excluding tert-OH is 2. The molecule has 1 unspecified atom stereocenters. The molecule has 19 heavy (non-hydrogen) atoms.